The van der Waals surface area contributed by atoms with Crippen LogP contribution in [0.1, 0.15) is 0 Å². The lowest BCUT2D eigenvalue weighted by Crippen LogP contribution is -2.57. The number of ether oxygens (including phenoxy) is 2. The topological polar surface area (TPSA) is 26.6 Å². The first-order chi connectivity index (χ1) is 23.3. The molecule has 47 heavy (non-hydrogen) atoms. The molecule has 0 amide bonds. The molecule has 2 aliphatic rings. The van der Waals surface area contributed by atoms with E-state index in [1.54, 1.807) is 0 Å². The van der Waals surface area contributed by atoms with Crippen LogP contribution in [0.4, 0.5) is 17.1 Å². The van der Waals surface area contributed by atoms with Crippen molar-refractivity contribution in [2.45, 2.75) is 0 Å². The standard InChI is InChI=1S/C42H27BN2O2/c1-4-13-28(14-5-1)44(29-15-6-2-7-16-29)31-23-24-34-40(25-31)46-38-21-12-22-39-42(38)43(34)35-26-33-32-19-10-11-20-36(32)45(30-17-8-3-9-18-30)37(33)27-41(35)47-39/h1-27H. The predicted molar refractivity (Wildman–Crippen MR) is 193 cm³/mol. The van der Waals surface area contributed by atoms with E-state index in [1.165, 1.54) is 16.3 Å². The zero-order valence-electron chi connectivity index (χ0n) is 25.4. The molecule has 0 fully saturated rings. The minimum atomic E-state index is -0.0344. The van der Waals surface area contributed by atoms with Gasteiger partial charge in [0.25, 0.3) is 6.71 Å². The van der Waals surface area contributed by atoms with Crippen molar-refractivity contribution < 1.29 is 9.47 Å². The first kappa shape index (κ1) is 26.1. The molecule has 0 saturated heterocycles. The summed E-state index contributed by atoms with van der Waals surface area (Å²) in [5.74, 6) is 3.40. The van der Waals surface area contributed by atoms with E-state index in [4.69, 9.17) is 9.47 Å². The minimum absolute atomic E-state index is 0.0344. The molecular formula is C42H27BN2O2. The molecule has 0 saturated carbocycles. The third-order valence-electron chi connectivity index (χ3n) is 9.48. The number of benzene rings is 7. The normalized spacial score (nSPS) is 12.6. The van der Waals surface area contributed by atoms with Crippen LogP contribution in [0.2, 0.25) is 0 Å². The van der Waals surface area contributed by atoms with Crippen LogP contribution < -0.4 is 30.8 Å². The maximum atomic E-state index is 6.71. The maximum Gasteiger partial charge on any atom is 0.260 e. The second kappa shape index (κ2) is 10.2. The molecule has 0 aliphatic carbocycles. The van der Waals surface area contributed by atoms with Gasteiger partial charge in [-0.1, -0.05) is 91.0 Å². The number of rotatable bonds is 4. The smallest absolute Gasteiger partial charge is 0.260 e. The van der Waals surface area contributed by atoms with E-state index < -0.39 is 0 Å². The quantitative estimate of drug-likeness (QED) is 0.188. The van der Waals surface area contributed by atoms with Gasteiger partial charge in [-0.15, -0.1) is 0 Å². The van der Waals surface area contributed by atoms with Crippen LogP contribution in [0.25, 0.3) is 27.5 Å². The van der Waals surface area contributed by atoms with E-state index in [0.717, 1.165) is 67.7 Å². The van der Waals surface area contributed by atoms with Gasteiger partial charge < -0.3 is 18.9 Å². The van der Waals surface area contributed by atoms with E-state index in [0.29, 0.717) is 0 Å². The Bertz CT molecular complexity index is 2440. The molecule has 0 spiro atoms. The summed E-state index contributed by atoms with van der Waals surface area (Å²) in [4.78, 5) is 2.27. The lowest BCUT2D eigenvalue weighted by atomic mass is 9.35. The van der Waals surface area contributed by atoms with Crippen molar-refractivity contribution in [3.63, 3.8) is 0 Å². The molecular weight excluding hydrogens is 575 g/mol. The van der Waals surface area contributed by atoms with Crippen molar-refractivity contribution >= 4 is 62.0 Å². The van der Waals surface area contributed by atoms with Gasteiger partial charge in [-0.2, -0.15) is 0 Å². The van der Waals surface area contributed by atoms with E-state index in [-0.39, 0.29) is 6.71 Å². The number of nitrogens with zero attached hydrogens (tertiary/aromatic N) is 2. The molecule has 4 nitrogen and oxygen atoms in total. The van der Waals surface area contributed by atoms with Crippen molar-refractivity contribution in [1.82, 2.24) is 4.57 Å². The van der Waals surface area contributed by atoms with Crippen molar-refractivity contribution in [2.75, 3.05) is 4.90 Å². The van der Waals surface area contributed by atoms with Gasteiger partial charge in [0.1, 0.15) is 23.0 Å². The molecule has 0 bridgehead atoms. The molecule has 8 aromatic rings. The highest BCUT2D eigenvalue weighted by atomic mass is 16.5. The molecule has 2 aliphatic heterocycles. The fraction of sp³-hybridized carbons (Fsp3) is 0. The molecule has 0 unspecified atom stereocenters. The summed E-state index contributed by atoms with van der Waals surface area (Å²) in [7, 11) is 0. The Morgan fingerprint density at radius 1 is 0.426 bits per heavy atom. The summed E-state index contributed by atoms with van der Waals surface area (Å²) in [6, 6.07) is 57.5. The number of anilines is 3. The van der Waals surface area contributed by atoms with Gasteiger partial charge in [0.05, 0.1) is 11.0 Å². The molecule has 0 atom stereocenters. The molecule has 0 radical (unpaired) electrons. The van der Waals surface area contributed by atoms with E-state index in [2.05, 4.69) is 155 Å². The van der Waals surface area contributed by atoms with Gasteiger partial charge in [-0.3, -0.25) is 0 Å². The van der Waals surface area contributed by atoms with Gasteiger partial charge in [0, 0.05) is 51.1 Å². The predicted octanol–water partition coefficient (Wildman–Crippen LogP) is 8.98. The van der Waals surface area contributed by atoms with Crippen LogP contribution in [-0.4, -0.2) is 11.3 Å². The van der Waals surface area contributed by atoms with Gasteiger partial charge in [-0.25, -0.2) is 0 Å². The number of aromatic nitrogens is 1. The fourth-order valence-corrected chi connectivity index (χ4v) is 7.47. The molecule has 7 aromatic carbocycles. The first-order valence-corrected chi connectivity index (χ1v) is 16.0. The zero-order chi connectivity index (χ0) is 30.9. The summed E-state index contributed by atoms with van der Waals surface area (Å²) in [6.45, 7) is -0.0344. The molecule has 220 valence electrons. The highest BCUT2D eigenvalue weighted by Crippen LogP contribution is 2.41. The van der Waals surface area contributed by atoms with E-state index >= 15 is 0 Å². The number of hydrogen-bond donors (Lipinski definition) is 0. The van der Waals surface area contributed by atoms with Crippen LogP contribution in [-0.2, 0) is 0 Å². The Balaban J connectivity index is 1.19. The summed E-state index contributed by atoms with van der Waals surface area (Å²) in [6.07, 6.45) is 0. The van der Waals surface area contributed by atoms with Crippen molar-refractivity contribution in [1.29, 1.82) is 0 Å². The monoisotopic (exact) mass is 602 g/mol. The van der Waals surface area contributed by atoms with E-state index in [1.807, 2.05) is 18.2 Å². The van der Waals surface area contributed by atoms with Crippen LogP contribution in [0.3, 0.4) is 0 Å². The number of para-hydroxylation sites is 4. The van der Waals surface area contributed by atoms with Gasteiger partial charge in [0.15, 0.2) is 0 Å². The second-order valence-electron chi connectivity index (χ2n) is 12.1. The van der Waals surface area contributed by atoms with Crippen LogP contribution in [0.5, 0.6) is 23.0 Å². The number of hydrogen-bond acceptors (Lipinski definition) is 3. The Morgan fingerprint density at radius 3 is 1.74 bits per heavy atom. The Hall–Kier alpha value is -6.20. The average molecular weight is 603 g/mol. The van der Waals surface area contributed by atoms with Crippen LogP contribution >= 0.6 is 0 Å². The lowest BCUT2D eigenvalue weighted by molar-refractivity contribution is 0.465. The van der Waals surface area contributed by atoms with Gasteiger partial charge in [0.2, 0.25) is 0 Å². The minimum Gasteiger partial charge on any atom is -0.458 e. The largest absolute Gasteiger partial charge is 0.458 e. The lowest BCUT2D eigenvalue weighted by Gasteiger charge is -2.34. The van der Waals surface area contributed by atoms with Crippen molar-refractivity contribution in [3.05, 3.63) is 164 Å². The molecule has 1 aromatic heterocycles. The molecule has 0 N–H and O–H groups in total. The summed E-state index contributed by atoms with van der Waals surface area (Å²) < 4.78 is 15.8. The summed E-state index contributed by atoms with van der Waals surface area (Å²) in [5, 5.41) is 2.42. The summed E-state index contributed by atoms with van der Waals surface area (Å²) in [5.41, 5.74) is 10.00. The average Bonchev–Trinajstić information content (AvgIpc) is 3.45. The Labute approximate surface area is 272 Å². The van der Waals surface area contributed by atoms with Crippen LogP contribution in [0.15, 0.2) is 164 Å². The van der Waals surface area contributed by atoms with Gasteiger partial charge in [-0.05, 0) is 71.6 Å². The van der Waals surface area contributed by atoms with E-state index in [9.17, 15) is 0 Å². The first-order valence-electron chi connectivity index (χ1n) is 16.0. The fourth-order valence-electron chi connectivity index (χ4n) is 7.47. The van der Waals surface area contributed by atoms with Crippen LogP contribution in [0, 0.1) is 0 Å². The highest BCUT2D eigenvalue weighted by molar-refractivity contribution is 6.98. The maximum absolute atomic E-state index is 6.71. The zero-order valence-corrected chi connectivity index (χ0v) is 25.4. The Morgan fingerprint density at radius 2 is 1.04 bits per heavy atom. The third kappa shape index (κ3) is 3.96. The molecule has 5 heteroatoms. The van der Waals surface area contributed by atoms with Crippen molar-refractivity contribution in [2.24, 2.45) is 0 Å². The van der Waals surface area contributed by atoms with Gasteiger partial charge >= 0.3 is 0 Å². The second-order valence-corrected chi connectivity index (χ2v) is 12.1. The molecule has 10 rings (SSSR count). The highest BCUT2D eigenvalue weighted by Gasteiger charge is 2.40. The Kier molecular flexibility index (Phi) is 5.63. The SMILES string of the molecule is c1ccc(N(c2ccccc2)c2ccc3c(c2)Oc2cccc4c2B3c2cc3c5ccccc5n(-c5ccccc5)c3cc2O4)cc1. The summed E-state index contributed by atoms with van der Waals surface area (Å²) >= 11 is 0. The third-order valence-corrected chi connectivity index (χ3v) is 9.48. The van der Waals surface area contributed by atoms with Crippen molar-refractivity contribution in [3.8, 4) is 28.7 Å². The molecule has 3 heterocycles. The number of fused-ring (bicyclic) bond motifs is 7.